The molecule has 0 aliphatic carbocycles. The van der Waals surface area contributed by atoms with E-state index in [-0.39, 0.29) is 12.2 Å². The van der Waals surface area contributed by atoms with E-state index in [1.165, 1.54) is 20.1 Å². The zero-order chi connectivity index (χ0) is 13.9. The average molecular weight is 255 g/mol. The Morgan fingerprint density at radius 3 is 2.61 bits per heavy atom. The highest BCUT2D eigenvalue weighted by Crippen LogP contribution is 2.37. The molecule has 0 heterocycles. The van der Waals surface area contributed by atoms with Crippen molar-refractivity contribution >= 4 is 11.7 Å². The molecule has 0 bridgehead atoms. The fourth-order valence-corrected chi connectivity index (χ4v) is 1.50. The predicted molar refractivity (Wildman–Crippen MR) is 61.8 cm³/mol. The second-order valence-electron chi connectivity index (χ2n) is 3.87. The van der Waals surface area contributed by atoms with Gasteiger partial charge >= 0.3 is 11.7 Å². The molecule has 7 heteroatoms. The number of nitro groups is 1. The number of rotatable bonds is 5. The number of benzene rings is 1. The molecule has 2 N–H and O–H groups in total. The van der Waals surface area contributed by atoms with Gasteiger partial charge in [0.25, 0.3) is 0 Å². The lowest BCUT2D eigenvalue weighted by atomic mass is 10.0. The van der Waals surface area contributed by atoms with Crippen molar-refractivity contribution in [3.8, 4) is 11.5 Å². The van der Waals surface area contributed by atoms with Crippen LogP contribution in [0.5, 0.6) is 11.5 Å². The van der Waals surface area contributed by atoms with Crippen LogP contribution in [0.1, 0.15) is 12.5 Å². The smallest absolute Gasteiger partial charge is 0.314 e. The van der Waals surface area contributed by atoms with Crippen molar-refractivity contribution in [3.05, 3.63) is 27.8 Å². The van der Waals surface area contributed by atoms with Crippen LogP contribution in [-0.2, 0) is 11.2 Å². The third kappa shape index (κ3) is 2.88. The molecule has 1 atom stereocenters. The molecule has 1 aromatic carbocycles. The maximum Gasteiger partial charge on any atom is 0.314 e. The van der Waals surface area contributed by atoms with Crippen LogP contribution in [0.15, 0.2) is 12.1 Å². The molecule has 0 aliphatic rings. The number of phenols is 1. The molecule has 0 saturated carbocycles. The molecule has 1 unspecified atom stereocenters. The summed E-state index contributed by atoms with van der Waals surface area (Å²) in [5.74, 6) is -2.28. The summed E-state index contributed by atoms with van der Waals surface area (Å²) in [6.45, 7) is 1.49. The van der Waals surface area contributed by atoms with Crippen LogP contribution in [-0.4, -0.2) is 28.2 Å². The van der Waals surface area contributed by atoms with Gasteiger partial charge in [0.1, 0.15) is 0 Å². The Balaban J connectivity index is 3.18. The number of aromatic hydroxyl groups is 1. The van der Waals surface area contributed by atoms with E-state index in [1.807, 2.05) is 0 Å². The van der Waals surface area contributed by atoms with E-state index >= 15 is 0 Å². The predicted octanol–water partition coefficient (Wildman–Crippen LogP) is 1.57. The van der Waals surface area contributed by atoms with Crippen molar-refractivity contribution in [1.29, 1.82) is 0 Å². The molecule has 0 radical (unpaired) electrons. The molecule has 0 fully saturated rings. The quantitative estimate of drug-likeness (QED) is 0.610. The van der Waals surface area contributed by atoms with Crippen LogP contribution in [0.25, 0.3) is 0 Å². The summed E-state index contributed by atoms with van der Waals surface area (Å²) in [5, 5.41) is 29.1. The molecule has 98 valence electrons. The first kappa shape index (κ1) is 13.8. The molecule has 0 amide bonds. The van der Waals surface area contributed by atoms with E-state index < -0.39 is 28.2 Å². The van der Waals surface area contributed by atoms with E-state index in [1.54, 1.807) is 0 Å². The lowest BCUT2D eigenvalue weighted by Crippen LogP contribution is -2.12. The maximum atomic E-state index is 10.7. The van der Waals surface area contributed by atoms with Crippen molar-refractivity contribution in [3.63, 3.8) is 0 Å². The van der Waals surface area contributed by atoms with E-state index in [0.717, 1.165) is 6.07 Å². The van der Waals surface area contributed by atoms with Gasteiger partial charge in [-0.1, -0.05) is 6.92 Å². The summed E-state index contributed by atoms with van der Waals surface area (Å²) < 4.78 is 4.82. The van der Waals surface area contributed by atoms with Gasteiger partial charge in [-0.25, -0.2) is 0 Å². The lowest BCUT2D eigenvalue weighted by Gasteiger charge is -2.09. The van der Waals surface area contributed by atoms with Gasteiger partial charge in [0.05, 0.1) is 18.0 Å². The van der Waals surface area contributed by atoms with Gasteiger partial charge in [0, 0.05) is 6.07 Å². The second-order valence-corrected chi connectivity index (χ2v) is 3.87. The first-order valence-electron chi connectivity index (χ1n) is 5.13. The number of phenolic OH excluding ortho intramolecular Hbond substituents is 1. The summed E-state index contributed by atoms with van der Waals surface area (Å²) in [7, 11) is 1.27. The number of hydrogen-bond acceptors (Lipinski definition) is 5. The van der Waals surface area contributed by atoms with Gasteiger partial charge in [0.15, 0.2) is 5.75 Å². The molecule has 0 spiro atoms. The van der Waals surface area contributed by atoms with E-state index in [0.29, 0.717) is 5.56 Å². The summed E-state index contributed by atoms with van der Waals surface area (Å²) in [6.07, 6.45) is 0.118. The number of nitrogens with zero attached hydrogens (tertiary/aromatic N) is 1. The molecule has 0 aliphatic heterocycles. The fraction of sp³-hybridized carbons (Fsp3) is 0.364. The number of methoxy groups -OCH3 is 1. The summed E-state index contributed by atoms with van der Waals surface area (Å²) in [6, 6.07) is 2.54. The highest BCUT2D eigenvalue weighted by atomic mass is 16.6. The van der Waals surface area contributed by atoms with Crippen LogP contribution < -0.4 is 4.74 Å². The maximum absolute atomic E-state index is 10.7. The van der Waals surface area contributed by atoms with E-state index in [9.17, 15) is 20.0 Å². The first-order valence-corrected chi connectivity index (χ1v) is 5.13. The normalized spacial score (nSPS) is 11.9. The highest BCUT2D eigenvalue weighted by Gasteiger charge is 2.21. The fourth-order valence-electron chi connectivity index (χ4n) is 1.50. The first-order chi connectivity index (χ1) is 8.36. The third-order valence-corrected chi connectivity index (χ3v) is 2.49. The SMILES string of the molecule is COc1cc(CC(C)C(=O)O)cc([N+](=O)[O-])c1O. The minimum Gasteiger partial charge on any atom is -0.500 e. The number of aliphatic carboxylic acids is 1. The molecule has 0 aromatic heterocycles. The van der Waals surface area contributed by atoms with Crippen molar-refractivity contribution in [2.45, 2.75) is 13.3 Å². The molecular weight excluding hydrogens is 242 g/mol. The Hall–Kier alpha value is -2.31. The second kappa shape index (κ2) is 5.35. The minimum absolute atomic E-state index is 0.0446. The van der Waals surface area contributed by atoms with Gasteiger partial charge in [-0.3, -0.25) is 14.9 Å². The molecule has 0 saturated heterocycles. The minimum atomic E-state index is -0.996. The van der Waals surface area contributed by atoms with Gasteiger partial charge in [0.2, 0.25) is 5.75 Å². The average Bonchev–Trinajstić information content (AvgIpc) is 2.30. The van der Waals surface area contributed by atoms with Crippen molar-refractivity contribution < 1.29 is 24.7 Å². The Kier molecular flexibility index (Phi) is 4.09. The van der Waals surface area contributed by atoms with Crippen LogP contribution in [0, 0.1) is 16.0 Å². The lowest BCUT2D eigenvalue weighted by molar-refractivity contribution is -0.386. The molecule has 1 aromatic rings. The summed E-state index contributed by atoms with van der Waals surface area (Å²) >= 11 is 0. The Bertz CT molecular complexity index is 485. The number of hydrogen-bond donors (Lipinski definition) is 2. The van der Waals surface area contributed by atoms with Gasteiger partial charge < -0.3 is 14.9 Å². The van der Waals surface area contributed by atoms with Crippen molar-refractivity contribution in [1.82, 2.24) is 0 Å². The van der Waals surface area contributed by atoms with Crippen LogP contribution in [0.3, 0.4) is 0 Å². The molecular formula is C11H13NO6. The largest absolute Gasteiger partial charge is 0.500 e. The third-order valence-electron chi connectivity index (χ3n) is 2.49. The van der Waals surface area contributed by atoms with Crippen LogP contribution in [0.4, 0.5) is 5.69 Å². The number of carbonyl (C=O) groups is 1. The van der Waals surface area contributed by atoms with Crippen molar-refractivity contribution in [2.24, 2.45) is 5.92 Å². The highest BCUT2D eigenvalue weighted by molar-refractivity contribution is 5.70. The standard InChI is InChI=1S/C11H13NO6/c1-6(11(14)15)3-7-4-8(12(16)17)10(13)9(5-7)18-2/h4-6,13H,3H2,1-2H3,(H,14,15). The van der Waals surface area contributed by atoms with Crippen molar-refractivity contribution in [2.75, 3.05) is 7.11 Å². The number of nitro benzene ring substituents is 1. The van der Waals surface area contributed by atoms with Crippen LogP contribution >= 0.6 is 0 Å². The molecule has 18 heavy (non-hydrogen) atoms. The zero-order valence-electron chi connectivity index (χ0n) is 9.91. The van der Waals surface area contributed by atoms with Gasteiger partial charge in [-0.2, -0.15) is 0 Å². The number of carboxylic acids is 1. The van der Waals surface area contributed by atoms with Crippen LogP contribution in [0.2, 0.25) is 0 Å². The number of carboxylic acid groups (broad SMARTS) is 1. The number of ether oxygens (including phenoxy) is 1. The topological polar surface area (TPSA) is 110 Å². The van der Waals surface area contributed by atoms with Gasteiger partial charge in [-0.05, 0) is 18.1 Å². The van der Waals surface area contributed by atoms with E-state index in [2.05, 4.69) is 0 Å². The molecule has 1 rings (SSSR count). The summed E-state index contributed by atoms with van der Waals surface area (Å²) in [5.41, 5.74) is -0.0758. The Labute approximate surface area is 103 Å². The molecule has 7 nitrogen and oxygen atoms in total. The summed E-state index contributed by atoms with van der Waals surface area (Å²) in [4.78, 5) is 20.7. The Morgan fingerprint density at radius 2 is 2.17 bits per heavy atom. The van der Waals surface area contributed by atoms with Gasteiger partial charge in [-0.15, -0.1) is 0 Å². The monoisotopic (exact) mass is 255 g/mol. The Morgan fingerprint density at radius 1 is 1.56 bits per heavy atom. The zero-order valence-corrected chi connectivity index (χ0v) is 9.91. The van der Waals surface area contributed by atoms with E-state index in [4.69, 9.17) is 9.84 Å².